The first-order valence-corrected chi connectivity index (χ1v) is 5.65. The number of aromatic amines is 1. The van der Waals surface area contributed by atoms with E-state index in [1.54, 1.807) is 6.20 Å². The predicted octanol–water partition coefficient (Wildman–Crippen LogP) is 0.994. The number of hydrogen-bond acceptors (Lipinski definition) is 4. The van der Waals surface area contributed by atoms with Gasteiger partial charge >= 0.3 is 0 Å². The molecule has 1 fully saturated rings. The number of aromatic nitrogens is 4. The molecule has 1 saturated heterocycles. The van der Waals surface area contributed by atoms with E-state index in [2.05, 4.69) is 32.2 Å². The highest BCUT2D eigenvalue weighted by atomic mass is 15.0. The Morgan fingerprint density at radius 2 is 2.12 bits per heavy atom. The van der Waals surface area contributed by atoms with E-state index in [1.807, 2.05) is 0 Å². The lowest BCUT2D eigenvalue weighted by Gasteiger charge is -2.31. The van der Waals surface area contributed by atoms with E-state index in [1.165, 1.54) is 6.33 Å². The largest absolute Gasteiger partial charge is 0.339 e. The molecule has 5 nitrogen and oxygen atoms in total. The monoisotopic (exact) mass is 217 g/mol. The second kappa shape index (κ2) is 3.52. The second-order valence-corrected chi connectivity index (χ2v) is 4.66. The Labute approximate surface area is 93.7 Å². The zero-order valence-corrected chi connectivity index (χ0v) is 9.32. The molecule has 0 bridgehead atoms. The van der Waals surface area contributed by atoms with Crippen LogP contribution < -0.4 is 5.32 Å². The summed E-state index contributed by atoms with van der Waals surface area (Å²) in [6.45, 7) is 4.37. The molecule has 84 valence electrons. The number of piperidine rings is 1. The van der Waals surface area contributed by atoms with Crippen molar-refractivity contribution in [1.29, 1.82) is 0 Å². The average molecular weight is 217 g/mol. The van der Waals surface area contributed by atoms with Gasteiger partial charge in [0.05, 0.1) is 6.20 Å². The first kappa shape index (κ1) is 9.72. The molecule has 0 unspecified atom stereocenters. The van der Waals surface area contributed by atoms with E-state index in [9.17, 15) is 0 Å². The van der Waals surface area contributed by atoms with Crippen molar-refractivity contribution in [3.05, 3.63) is 18.3 Å². The predicted molar refractivity (Wildman–Crippen MR) is 61.1 cm³/mol. The third-order valence-electron chi connectivity index (χ3n) is 3.44. The van der Waals surface area contributed by atoms with Gasteiger partial charge in [-0.15, -0.1) is 0 Å². The van der Waals surface area contributed by atoms with Crippen molar-refractivity contribution < 1.29 is 0 Å². The van der Waals surface area contributed by atoms with Crippen molar-refractivity contribution in [3.8, 4) is 0 Å². The molecule has 0 atom stereocenters. The molecule has 2 N–H and O–H groups in total. The summed E-state index contributed by atoms with van der Waals surface area (Å²) in [5, 5.41) is 3.37. The first-order valence-electron chi connectivity index (χ1n) is 5.65. The van der Waals surface area contributed by atoms with Crippen molar-refractivity contribution in [1.82, 2.24) is 25.3 Å². The summed E-state index contributed by atoms with van der Waals surface area (Å²) in [5.74, 6) is 1.05. The molecule has 1 aliphatic heterocycles. The lowest BCUT2D eigenvalue weighted by Crippen LogP contribution is -2.38. The van der Waals surface area contributed by atoms with Gasteiger partial charge in [-0.3, -0.25) is 0 Å². The number of fused-ring (bicyclic) bond motifs is 1. The van der Waals surface area contributed by atoms with Crippen molar-refractivity contribution in [2.24, 2.45) is 0 Å². The number of imidazole rings is 1. The van der Waals surface area contributed by atoms with E-state index >= 15 is 0 Å². The smallest absolute Gasteiger partial charge is 0.180 e. The molecule has 3 rings (SSSR count). The Hall–Kier alpha value is -1.49. The molecular weight excluding hydrogens is 202 g/mol. The van der Waals surface area contributed by atoms with Crippen LogP contribution in [-0.2, 0) is 5.41 Å². The topological polar surface area (TPSA) is 66.5 Å². The van der Waals surface area contributed by atoms with Gasteiger partial charge in [-0.1, -0.05) is 6.92 Å². The lowest BCUT2D eigenvalue weighted by molar-refractivity contribution is 0.321. The molecule has 2 aromatic heterocycles. The van der Waals surface area contributed by atoms with Crippen LogP contribution in [0, 0.1) is 0 Å². The van der Waals surface area contributed by atoms with Crippen LogP contribution in [0.1, 0.15) is 25.6 Å². The Morgan fingerprint density at radius 3 is 2.88 bits per heavy atom. The van der Waals surface area contributed by atoms with Gasteiger partial charge < -0.3 is 10.3 Å². The Balaban J connectivity index is 2.04. The highest BCUT2D eigenvalue weighted by Gasteiger charge is 2.31. The van der Waals surface area contributed by atoms with Crippen LogP contribution in [0.3, 0.4) is 0 Å². The molecule has 0 aromatic carbocycles. The fourth-order valence-corrected chi connectivity index (χ4v) is 2.26. The van der Waals surface area contributed by atoms with Crippen molar-refractivity contribution in [3.63, 3.8) is 0 Å². The number of nitrogens with one attached hydrogen (secondary N) is 2. The number of hydrogen-bond donors (Lipinski definition) is 2. The van der Waals surface area contributed by atoms with Crippen LogP contribution in [-0.4, -0.2) is 33.0 Å². The van der Waals surface area contributed by atoms with E-state index in [-0.39, 0.29) is 5.41 Å². The van der Waals surface area contributed by atoms with E-state index < -0.39 is 0 Å². The minimum atomic E-state index is 0.145. The van der Waals surface area contributed by atoms with E-state index in [4.69, 9.17) is 0 Å². The fraction of sp³-hybridized carbons (Fsp3) is 0.545. The van der Waals surface area contributed by atoms with Crippen LogP contribution in [0.4, 0.5) is 0 Å². The fourth-order valence-electron chi connectivity index (χ4n) is 2.26. The van der Waals surface area contributed by atoms with Crippen LogP contribution in [0.5, 0.6) is 0 Å². The van der Waals surface area contributed by atoms with Gasteiger partial charge in [0.1, 0.15) is 17.7 Å². The van der Waals surface area contributed by atoms with E-state index in [0.717, 1.165) is 42.9 Å². The quantitative estimate of drug-likeness (QED) is 0.747. The maximum Gasteiger partial charge on any atom is 0.180 e. The van der Waals surface area contributed by atoms with E-state index in [0.29, 0.717) is 0 Å². The number of rotatable bonds is 1. The summed E-state index contributed by atoms with van der Waals surface area (Å²) < 4.78 is 0. The third kappa shape index (κ3) is 1.48. The number of H-pyrrole nitrogens is 1. The van der Waals surface area contributed by atoms with Gasteiger partial charge in [-0.25, -0.2) is 15.0 Å². The van der Waals surface area contributed by atoms with Crippen LogP contribution in [0.15, 0.2) is 12.5 Å². The Kier molecular flexibility index (Phi) is 2.14. The number of nitrogens with zero attached hydrogens (tertiary/aromatic N) is 3. The maximum absolute atomic E-state index is 4.57. The molecule has 1 aliphatic rings. The normalized spacial score (nSPS) is 20.1. The van der Waals surface area contributed by atoms with Gasteiger partial charge in [0, 0.05) is 5.41 Å². The van der Waals surface area contributed by atoms with Gasteiger partial charge in [-0.2, -0.15) is 0 Å². The second-order valence-electron chi connectivity index (χ2n) is 4.66. The highest BCUT2D eigenvalue weighted by Crippen LogP contribution is 2.31. The van der Waals surface area contributed by atoms with Gasteiger partial charge in [0.2, 0.25) is 0 Å². The Bertz CT molecular complexity index is 465. The minimum absolute atomic E-state index is 0.145. The summed E-state index contributed by atoms with van der Waals surface area (Å²) in [5.41, 5.74) is 1.84. The molecule has 0 saturated carbocycles. The van der Waals surface area contributed by atoms with Crippen LogP contribution in [0.2, 0.25) is 0 Å². The summed E-state index contributed by atoms with van der Waals surface area (Å²) in [7, 11) is 0. The highest BCUT2D eigenvalue weighted by molar-refractivity contribution is 5.69. The van der Waals surface area contributed by atoms with Crippen molar-refractivity contribution in [2.75, 3.05) is 13.1 Å². The summed E-state index contributed by atoms with van der Waals surface area (Å²) in [6, 6.07) is 0. The zero-order valence-electron chi connectivity index (χ0n) is 9.32. The molecule has 0 radical (unpaired) electrons. The average Bonchev–Trinajstić information content (AvgIpc) is 2.74. The standard InChI is InChI=1S/C11H15N5/c1-11(2-4-12-5-3-11)10-15-8-6-13-7-14-9(8)16-10/h6-7,12H,2-5H2,1H3,(H,13,14,15,16). The summed E-state index contributed by atoms with van der Waals surface area (Å²) >= 11 is 0. The van der Waals surface area contributed by atoms with Gasteiger partial charge in [0.15, 0.2) is 5.65 Å². The molecule has 3 heterocycles. The molecule has 2 aromatic rings. The maximum atomic E-state index is 4.57. The molecule has 0 aliphatic carbocycles. The summed E-state index contributed by atoms with van der Waals surface area (Å²) in [4.78, 5) is 16.1. The molecule has 16 heavy (non-hydrogen) atoms. The minimum Gasteiger partial charge on any atom is -0.339 e. The first-order chi connectivity index (χ1) is 7.78. The van der Waals surface area contributed by atoms with Gasteiger partial charge in [0.25, 0.3) is 0 Å². The molecule has 5 heteroatoms. The van der Waals surface area contributed by atoms with Crippen molar-refractivity contribution in [2.45, 2.75) is 25.2 Å². The van der Waals surface area contributed by atoms with Gasteiger partial charge in [-0.05, 0) is 25.9 Å². The molecule has 0 spiro atoms. The summed E-state index contributed by atoms with van der Waals surface area (Å²) in [6.07, 6.45) is 5.54. The van der Waals surface area contributed by atoms with Crippen LogP contribution >= 0.6 is 0 Å². The molecular formula is C11H15N5. The molecule has 0 amide bonds. The van der Waals surface area contributed by atoms with Crippen molar-refractivity contribution >= 4 is 11.2 Å². The van der Waals surface area contributed by atoms with Crippen LogP contribution in [0.25, 0.3) is 11.2 Å². The Morgan fingerprint density at radius 1 is 1.31 bits per heavy atom. The SMILES string of the molecule is CC1(c2nc3ncncc3[nH]2)CCNCC1. The lowest BCUT2D eigenvalue weighted by atomic mass is 9.80. The third-order valence-corrected chi connectivity index (χ3v) is 3.44. The zero-order chi connectivity index (χ0) is 11.0.